The van der Waals surface area contributed by atoms with Gasteiger partial charge in [0.25, 0.3) is 0 Å². The first-order valence-corrected chi connectivity index (χ1v) is 10.7. The molecular formula is C21H46O5. The van der Waals surface area contributed by atoms with E-state index in [0.29, 0.717) is 32.5 Å². The fourth-order valence-electron chi connectivity index (χ4n) is 2.36. The van der Waals surface area contributed by atoms with Crippen LogP contribution in [0.25, 0.3) is 0 Å². The summed E-state index contributed by atoms with van der Waals surface area (Å²) in [5, 5.41) is 16.5. The van der Waals surface area contributed by atoms with Gasteiger partial charge in [0.15, 0.2) is 0 Å². The number of aliphatic hydroxyl groups is 2. The molecule has 0 heterocycles. The smallest absolute Gasteiger partial charge is 0.0701 e. The van der Waals surface area contributed by atoms with Crippen molar-refractivity contribution < 1.29 is 24.4 Å². The molecular weight excluding hydrogens is 332 g/mol. The predicted molar refractivity (Wildman–Crippen MR) is 109 cm³/mol. The van der Waals surface area contributed by atoms with Crippen molar-refractivity contribution in [3.05, 3.63) is 0 Å². The van der Waals surface area contributed by atoms with Crippen molar-refractivity contribution in [1.29, 1.82) is 0 Å². The molecule has 0 atom stereocenters. The Hall–Kier alpha value is -0.200. The van der Waals surface area contributed by atoms with Crippen LogP contribution in [0.2, 0.25) is 0 Å². The van der Waals surface area contributed by atoms with Gasteiger partial charge in [0.1, 0.15) is 0 Å². The zero-order valence-electron chi connectivity index (χ0n) is 17.7. The van der Waals surface area contributed by atoms with Gasteiger partial charge in [-0.3, -0.25) is 0 Å². The summed E-state index contributed by atoms with van der Waals surface area (Å²) >= 11 is 0. The molecule has 0 spiro atoms. The molecule has 160 valence electrons. The highest BCUT2D eigenvalue weighted by Gasteiger charge is 1.94. The topological polar surface area (TPSA) is 68.2 Å². The Morgan fingerprint density at radius 3 is 1.38 bits per heavy atom. The second-order valence-electron chi connectivity index (χ2n) is 6.77. The third-order valence-electron chi connectivity index (χ3n) is 3.79. The van der Waals surface area contributed by atoms with E-state index in [-0.39, 0.29) is 13.2 Å². The summed E-state index contributed by atoms with van der Waals surface area (Å²) in [5.41, 5.74) is 0. The molecule has 0 fully saturated rings. The van der Waals surface area contributed by atoms with Gasteiger partial charge in [-0.25, -0.2) is 0 Å². The molecule has 0 aliphatic heterocycles. The van der Waals surface area contributed by atoms with Gasteiger partial charge in [-0.2, -0.15) is 0 Å². The second-order valence-corrected chi connectivity index (χ2v) is 6.77. The van der Waals surface area contributed by atoms with Crippen molar-refractivity contribution >= 4 is 0 Å². The van der Waals surface area contributed by atoms with Crippen LogP contribution in [0.5, 0.6) is 0 Å². The molecule has 0 aliphatic rings. The standard InChI is InChI=1S/C15H32O.C6H14O4/c1-4-5-6-7-8-9-10-11-12-13-14-16-15(2)3;7-1-3-9-5-6-10-4-2-8/h15H,4-14H2,1-3H3;7-8H,1-6H2. The highest BCUT2D eigenvalue weighted by atomic mass is 16.5. The first-order chi connectivity index (χ1) is 12.7. The van der Waals surface area contributed by atoms with Gasteiger partial charge in [0.2, 0.25) is 0 Å². The van der Waals surface area contributed by atoms with E-state index in [1.54, 1.807) is 0 Å². The van der Waals surface area contributed by atoms with Gasteiger partial charge in [-0.05, 0) is 20.3 Å². The van der Waals surface area contributed by atoms with Gasteiger partial charge in [-0.1, -0.05) is 64.7 Å². The van der Waals surface area contributed by atoms with Crippen LogP contribution >= 0.6 is 0 Å². The SMILES string of the molecule is CCCCCCCCCCCCOC(C)C.OCCOCCOCCO. The quantitative estimate of drug-likeness (QED) is 0.327. The Balaban J connectivity index is 0. The summed E-state index contributed by atoms with van der Waals surface area (Å²) in [5.74, 6) is 0. The van der Waals surface area contributed by atoms with Crippen LogP contribution < -0.4 is 0 Å². The van der Waals surface area contributed by atoms with E-state index in [2.05, 4.69) is 20.8 Å². The molecule has 5 nitrogen and oxygen atoms in total. The van der Waals surface area contributed by atoms with Crippen LogP contribution in [-0.2, 0) is 14.2 Å². The lowest BCUT2D eigenvalue weighted by molar-refractivity contribution is 0.0222. The summed E-state index contributed by atoms with van der Waals surface area (Å²) in [6.45, 7) is 9.17. The molecule has 0 aliphatic carbocycles. The largest absolute Gasteiger partial charge is 0.394 e. The van der Waals surface area contributed by atoms with Gasteiger partial charge in [0.05, 0.1) is 45.7 Å². The Kier molecular flexibility index (Phi) is 29.1. The number of aliphatic hydroxyl groups excluding tert-OH is 2. The fraction of sp³-hybridized carbons (Fsp3) is 1.00. The van der Waals surface area contributed by atoms with E-state index in [9.17, 15) is 0 Å². The first kappa shape index (κ1) is 28.0. The molecule has 0 radical (unpaired) electrons. The lowest BCUT2D eigenvalue weighted by atomic mass is 10.1. The van der Waals surface area contributed by atoms with Crippen molar-refractivity contribution in [2.45, 2.75) is 91.1 Å². The normalized spacial score (nSPS) is 10.8. The molecule has 0 aromatic rings. The molecule has 0 saturated carbocycles. The molecule has 0 aromatic heterocycles. The number of unbranched alkanes of at least 4 members (excludes halogenated alkanes) is 9. The molecule has 0 saturated heterocycles. The Bertz CT molecular complexity index is 216. The third kappa shape index (κ3) is 31.6. The second kappa shape index (κ2) is 27.0. The molecule has 0 amide bonds. The van der Waals surface area contributed by atoms with Gasteiger partial charge in [-0.15, -0.1) is 0 Å². The monoisotopic (exact) mass is 378 g/mol. The summed E-state index contributed by atoms with van der Waals surface area (Å²) in [6.07, 6.45) is 14.4. The van der Waals surface area contributed by atoms with Crippen molar-refractivity contribution in [3.8, 4) is 0 Å². The number of hydrogen-bond acceptors (Lipinski definition) is 5. The summed E-state index contributed by atoms with van der Waals surface area (Å²) < 4.78 is 15.3. The Morgan fingerprint density at radius 1 is 0.577 bits per heavy atom. The zero-order valence-corrected chi connectivity index (χ0v) is 17.7. The van der Waals surface area contributed by atoms with Gasteiger partial charge in [0, 0.05) is 6.61 Å². The van der Waals surface area contributed by atoms with Crippen LogP contribution in [0.15, 0.2) is 0 Å². The maximum Gasteiger partial charge on any atom is 0.0701 e. The maximum atomic E-state index is 8.26. The van der Waals surface area contributed by atoms with Crippen molar-refractivity contribution in [2.24, 2.45) is 0 Å². The lowest BCUT2D eigenvalue weighted by Gasteiger charge is -2.06. The van der Waals surface area contributed by atoms with Crippen LogP contribution in [0, 0.1) is 0 Å². The highest BCUT2D eigenvalue weighted by molar-refractivity contribution is 4.47. The van der Waals surface area contributed by atoms with E-state index in [0.717, 1.165) is 6.61 Å². The summed E-state index contributed by atoms with van der Waals surface area (Å²) in [4.78, 5) is 0. The minimum atomic E-state index is 0.0417. The first-order valence-electron chi connectivity index (χ1n) is 10.7. The molecule has 5 heteroatoms. The number of ether oxygens (including phenoxy) is 3. The number of rotatable bonds is 19. The summed E-state index contributed by atoms with van der Waals surface area (Å²) in [7, 11) is 0. The predicted octanol–water partition coefficient (Wildman–Crippen LogP) is 4.34. The van der Waals surface area contributed by atoms with Gasteiger partial charge < -0.3 is 24.4 Å². The fourth-order valence-corrected chi connectivity index (χ4v) is 2.36. The number of hydrogen-bond donors (Lipinski definition) is 2. The zero-order chi connectivity index (χ0) is 19.7. The van der Waals surface area contributed by atoms with E-state index < -0.39 is 0 Å². The van der Waals surface area contributed by atoms with Crippen LogP contribution in [0.4, 0.5) is 0 Å². The molecule has 0 unspecified atom stereocenters. The van der Waals surface area contributed by atoms with E-state index in [4.69, 9.17) is 24.4 Å². The molecule has 26 heavy (non-hydrogen) atoms. The van der Waals surface area contributed by atoms with Gasteiger partial charge >= 0.3 is 0 Å². The van der Waals surface area contributed by atoms with E-state index >= 15 is 0 Å². The van der Waals surface area contributed by atoms with Crippen LogP contribution in [0.3, 0.4) is 0 Å². The summed E-state index contributed by atoms with van der Waals surface area (Å²) in [6, 6.07) is 0. The average Bonchev–Trinajstić information content (AvgIpc) is 2.63. The van der Waals surface area contributed by atoms with Crippen molar-refractivity contribution in [2.75, 3.05) is 46.2 Å². The van der Waals surface area contributed by atoms with Crippen LogP contribution in [0.1, 0.15) is 85.0 Å². The van der Waals surface area contributed by atoms with E-state index in [1.807, 2.05) is 0 Å². The van der Waals surface area contributed by atoms with Crippen LogP contribution in [-0.4, -0.2) is 62.6 Å². The highest BCUT2D eigenvalue weighted by Crippen LogP contribution is 2.10. The molecule has 2 N–H and O–H groups in total. The minimum Gasteiger partial charge on any atom is -0.394 e. The average molecular weight is 379 g/mol. The Morgan fingerprint density at radius 2 is 1.00 bits per heavy atom. The molecule has 0 rings (SSSR count). The van der Waals surface area contributed by atoms with Crippen molar-refractivity contribution in [3.63, 3.8) is 0 Å². The Labute approximate surface area is 162 Å². The third-order valence-corrected chi connectivity index (χ3v) is 3.79. The maximum absolute atomic E-state index is 8.26. The van der Waals surface area contributed by atoms with E-state index in [1.165, 1.54) is 64.2 Å². The molecule has 0 aromatic carbocycles. The molecule has 0 bridgehead atoms. The lowest BCUT2D eigenvalue weighted by Crippen LogP contribution is -2.09. The minimum absolute atomic E-state index is 0.0417. The van der Waals surface area contributed by atoms with Crippen molar-refractivity contribution in [1.82, 2.24) is 0 Å².